The van der Waals surface area contributed by atoms with Gasteiger partial charge in [0.05, 0.1) is 11.4 Å². The van der Waals surface area contributed by atoms with Gasteiger partial charge in [0.1, 0.15) is 11.5 Å². The summed E-state index contributed by atoms with van der Waals surface area (Å²) in [4.78, 5) is 24.6. The van der Waals surface area contributed by atoms with Gasteiger partial charge in [-0.2, -0.15) is 0 Å². The van der Waals surface area contributed by atoms with Gasteiger partial charge in [0, 0.05) is 17.2 Å². The Morgan fingerprint density at radius 1 is 1.00 bits per heavy atom. The number of hydrogen-bond donors (Lipinski definition) is 4. The van der Waals surface area contributed by atoms with Crippen molar-refractivity contribution in [3.8, 4) is 11.5 Å². The molecular formula is C21H20N2O4. The molecule has 0 aliphatic rings. The van der Waals surface area contributed by atoms with Gasteiger partial charge >= 0.3 is 0 Å². The van der Waals surface area contributed by atoms with Crippen LogP contribution in [-0.2, 0) is 4.79 Å². The molecular weight excluding hydrogens is 344 g/mol. The van der Waals surface area contributed by atoms with E-state index in [0.29, 0.717) is 5.56 Å². The lowest BCUT2D eigenvalue weighted by Gasteiger charge is -2.13. The number of aromatic hydroxyl groups is 2. The fourth-order valence-electron chi connectivity index (χ4n) is 2.19. The van der Waals surface area contributed by atoms with Crippen molar-refractivity contribution in [3.63, 3.8) is 0 Å². The smallest absolute Gasteiger partial charge is 0.255 e. The zero-order valence-electron chi connectivity index (χ0n) is 14.8. The van der Waals surface area contributed by atoms with Crippen LogP contribution in [0, 0.1) is 0 Å². The Balaban J connectivity index is 2.26. The van der Waals surface area contributed by atoms with Gasteiger partial charge in [0.2, 0.25) is 0 Å². The third-order valence-electron chi connectivity index (χ3n) is 3.60. The number of phenols is 2. The highest BCUT2D eigenvalue weighted by molar-refractivity contribution is 6.08. The number of carbonyl (C=O) groups is 2. The molecule has 0 atom stereocenters. The van der Waals surface area contributed by atoms with Gasteiger partial charge in [0.25, 0.3) is 11.8 Å². The van der Waals surface area contributed by atoms with Crippen LogP contribution in [0.15, 0.2) is 78.9 Å². The van der Waals surface area contributed by atoms with E-state index in [4.69, 9.17) is 0 Å². The zero-order chi connectivity index (χ0) is 19.8. The van der Waals surface area contributed by atoms with E-state index in [9.17, 15) is 19.8 Å². The molecule has 0 saturated carbocycles. The van der Waals surface area contributed by atoms with Crippen molar-refractivity contribution in [3.05, 3.63) is 84.5 Å². The van der Waals surface area contributed by atoms with Crippen molar-refractivity contribution in [2.75, 3.05) is 10.6 Å². The van der Waals surface area contributed by atoms with E-state index in [1.807, 2.05) is 6.92 Å². The van der Waals surface area contributed by atoms with Crippen LogP contribution in [0.3, 0.4) is 0 Å². The van der Waals surface area contributed by atoms with Crippen molar-refractivity contribution in [2.24, 2.45) is 0 Å². The van der Waals surface area contributed by atoms with Crippen molar-refractivity contribution < 1.29 is 19.8 Å². The Morgan fingerprint density at radius 3 is 2.22 bits per heavy atom. The van der Waals surface area contributed by atoms with Crippen LogP contribution < -0.4 is 10.6 Å². The largest absolute Gasteiger partial charge is 0.506 e. The van der Waals surface area contributed by atoms with Crippen LogP contribution in [0.1, 0.15) is 17.3 Å². The summed E-state index contributed by atoms with van der Waals surface area (Å²) >= 11 is 0. The number of carbonyl (C=O) groups excluding carboxylic acids is 2. The fourth-order valence-corrected chi connectivity index (χ4v) is 2.19. The van der Waals surface area contributed by atoms with Gasteiger partial charge in [-0.1, -0.05) is 43.0 Å². The molecule has 2 aromatic rings. The second-order valence-corrected chi connectivity index (χ2v) is 5.51. The van der Waals surface area contributed by atoms with Crippen LogP contribution in [0.25, 0.3) is 0 Å². The molecule has 6 heteroatoms. The first-order chi connectivity index (χ1) is 13.0. The summed E-state index contributed by atoms with van der Waals surface area (Å²) < 4.78 is 0. The van der Waals surface area contributed by atoms with Gasteiger partial charge in [-0.25, -0.2) is 0 Å². The molecule has 0 unspecified atom stereocenters. The maximum atomic E-state index is 12.3. The number of benzene rings is 2. The minimum Gasteiger partial charge on any atom is -0.506 e. The SMILES string of the molecule is C=C/C(=C\C=C/C)C(=O)Nc1cc(NC(=O)c2ccccc2)c(O)cc1O. The Kier molecular flexibility index (Phi) is 6.55. The third-order valence-corrected chi connectivity index (χ3v) is 3.60. The summed E-state index contributed by atoms with van der Waals surface area (Å²) in [5, 5.41) is 25.1. The first kappa shape index (κ1) is 19.5. The van der Waals surface area contributed by atoms with Crippen LogP contribution in [-0.4, -0.2) is 22.0 Å². The number of nitrogens with one attached hydrogen (secondary N) is 2. The molecule has 138 valence electrons. The van der Waals surface area contributed by atoms with Crippen molar-refractivity contribution in [1.29, 1.82) is 0 Å². The van der Waals surface area contributed by atoms with Crippen molar-refractivity contribution in [1.82, 2.24) is 0 Å². The van der Waals surface area contributed by atoms with Gasteiger partial charge < -0.3 is 20.8 Å². The van der Waals surface area contributed by atoms with E-state index < -0.39 is 11.8 Å². The maximum Gasteiger partial charge on any atom is 0.255 e. The van der Waals surface area contributed by atoms with E-state index >= 15 is 0 Å². The van der Waals surface area contributed by atoms with E-state index in [2.05, 4.69) is 17.2 Å². The lowest BCUT2D eigenvalue weighted by atomic mass is 10.1. The summed E-state index contributed by atoms with van der Waals surface area (Å²) in [6.45, 7) is 5.39. The molecule has 4 N–H and O–H groups in total. The second-order valence-electron chi connectivity index (χ2n) is 5.51. The molecule has 0 heterocycles. The number of amides is 2. The van der Waals surface area contributed by atoms with Crippen LogP contribution in [0.4, 0.5) is 11.4 Å². The Hall–Kier alpha value is -3.80. The minimum atomic E-state index is -0.496. The molecule has 0 bridgehead atoms. The van der Waals surface area contributed by atoms with Gasteiger partial charge in [0.15, 0.2) is 0 Å². The predicted octanol–water partition coefficient (Wildman–Crippen LogP) is 3.98. The molecule has 0 spiro atoms. The number of rotatable bonds is 6. The monoisotopic (exact) mass is 364 g/mol. The molecule has 27 heavy (non-hydrogen) atoms. The summed E-state index contributed by atoms with van der Waals surface area (Å²) in [6.07, 6.45) is 6.38. The van der Waals surface area contributed by atoms with Crippen LogP contribution in [0.5, 0.6) is 11.5 Å². The molecule has 0 radical (unpaired) electrons. The van der Waals surface area contributed by atoms with E-state index in [1.54, 1.807) is 48.6 Å². The van der Waals surface area contributed by atoms with Gasteiger partial charge in [-0.15, -0.1) is 0 Å². The molecule has 2 aromatic carbocycles. The second kappa shape index (κ2) is 9.05. The average molecular weight is 364 g/mol. The highest BCUT2D eigenvalue weighted by Gasteiger charge is 2.15. The molecule has 0 aliphatic heterocycles. The molecule has 0 fully saturated rings. The fraction of sp³-hybridized carbons (Fsp3) is 0.0476. The van der Waals surface area contributed by atoms with Crippen molar-refractivity contribution >= 4 is 23.2 Å². The normalized spacial score (nSPS) is 11.2. The van der Waals surface area contributed by atoms with Crippen LogP contribution >= 0.6 is 0 Å². The first-order valence-electron chi connectivity index (χ1n) is 8.15. The Bertz CT molecular complexity index is 915. The molecule has 6 nitrogen and oxygen atoms in total. The molecule has 0 aromatic heterocycles. The molecule has 0 aliphatic carbocycles. The van der Waals surface area contributed by atoms with Gasteiger partial charge in [-0.3, -0.25) is 9.59 Å². The summed E-state index contributed by atoms with van der Waals surface area (Å²) in [5.74, 6) is -1.60. The van der Waals surface area contributed by atoms with E-state index in [1.165, 1.54) is 12.1 Å². The maximum absolute atomic E-state index is 12.3. The van der Waals surface area contributed by atoms with E-state index in [0.717, 1.165) is 6.07 Å². The molecule has 2 amide bonds. The number of phenolic OH excluding ortho intramolecular Hbond substituents is 2. The summed E-state index contributed by atoms with van der Waals surface area (Å²) in [5.41, 5.74) is 0.776. The lowest BCUT2D eigenvalue weighted by molar-refractivity contribution is -0.112. The van der Waals surface area contributed by atoms with E-state index in [-0.39, 0.29) is 28.4 Å². The average Bonchev–Trinajstić information content (AvgIpc) is 2.66. The van der Waals surface area contributed by atoms with Gasteiger partial charge in [-0.05, 0) is 31.2 Å². The first-order valence-corrected chi connectivity index (χ1v) is 8.15. The molecule has 2 rings (SSSR count). The highest BCUT2D eigenvalue weighted by Crippen LogP contribution is 2.35. The number of hydrogen-bond acceptors (Lipinski definition) is 4. The minimum absolute atomic E-state index is 0.0365. The molecule has 0 saturated heterocycles. The Labute approximate surface area is 157 Å². The van der Waals surface area contributed by atoms with Crippen molar-refractivity contribution in [2.45, 2.75) is 6.92 Å². The van der Waals surface area contributed by atoms with Crippen LogP contribution in [0.2, 0.25) is 0 Å². The highest BCUT2D eigenvalue weighted by atomic mass is 16.3. The predicted molar refractivity (Wildman–Crippen MR) is 106 cm³/mol. The zero-order valence-corrected chi connectivity index (χ0v) is 14.8. The number of allylic oxidation sites excluding steroid dienone is 3. The lowest BCUT2D eigenvalue weighted by Crippen LogP contribution is -2.15. The topological polar surface area (TPSA) is 98.7 Å². The summed E-state index contributed by atoms with van der Waals surface area (Å²) in [7, 11) is 0. The number of anilines is 2. The quantitative estimate of drug-likeness (QED) is 0.270. The summed E-state index contributed by atoms with van der Waals surface area (Å²) in [6, 6.07) is 10.8. The third kappa shape index (κ3) is 5.09. The standard InChI is InChI=1S/C21H20N2O4/c1-3-5-9-14(4-2)20(26)22-16-12-17(19(25)13-18(16)24)23-21(27)15-10-7-6-8-11-15/h3-13,24-25H,2H2,1H3,(H,22,26)(H,23,27)/b5-3-,14-9+. The Morgan fingerprint density at radius 2 is 1.63 bits per heavy atom.